The zero-order valence-corrected chi connectivity index (χ0v) is 17.4. The molecule has 0 radical (unpaired) electrons. The number of nitro benzene ring substituents is 1. The summed E-state index contributed by atoms with van der Waals surface area (Å²) in [7, 11) is 0. The number of non-ortho nitro benzene ring substituents is 1. The number of nitrogens with zero attached hydrogens (tertiary/aromatic N) is 1. The zero-order valence-electron chi connectivity index (χ0n) is 17.4. The lowest BCUT2D eigenvalue weighted by Crippen LogP contribution is -2.60. The van der Waals surface area contributed by atoms with E-state index in [0.717, 1.165) is 11.6 Å². The highest BCUT2D eigenvalue weighted by molar-refractivity contribution is 5.96. The van der Waals surface area contributed by atoms with Crippen molar-refractivity contribution in [2.24, 2.45) is 5.73 Å². The maximum Gasteiger partial charge on any atom is 0.270 e. The smallest absolute Gasteiger partial charge is 0.270 e. The van der Waals surface area contributed by atoms with Crippen molar-refractivity contribution < 1.29 is 24.0 Å². The van der Waals surface area contributed by atoms with Crippen LogP contribution in [0.4, 0.5) is 5.69 Å². The first-order chi connectivity index (χ1) is 15.4. The maximum atomic E-state index is 12.8. The minimum atomic E-state index is -1.69. The molecule has 2 aromatic rings. The molecule has 2 aromatic carbocycles. The predicted octanol–water partition coefficient (Wildman–Crippen LogP) is 2.62. The van der Waals surface area contributed by atoms with E-state index < -0.39 is 28.4 Å². The van der Waals surface area contributed by atoms with Gasteiger partial charge in [-0.25, -0.2) is 0 Å². The van der Waals surface area contributed by atoms with E-state index in [-0.39, 0.29) is 24.5 Å². The van der Waals surface area contributed by atoms with E-state index in [4.69, 9.17) is 15.2 Å². The van der Waals surface area contributed by atoms with Crippen LogP contribution in [0, 0.1) is 10.1 Å². The van der Waals surface area contributed by atoms with Crippen LogP contribution in [0.3, 0.4) is 0 Å². The summed E-state index contributed by atoms with van der Waals surface area (Å²) in [4.78, 5) is 35.7. The first-order valence-electron chi connectivity index (χ1n) is 9.92. The molecule has 1 aliphatic rings. The van der Waals surface area contributed by atoms with Crippen molar-refractivity contribution in [3.05, 3.63) is 99.8 Å². The molecule has 9 heteroatoms. The van der Waals surface area contributed by atoms with Crippen molar-refractivity contribution in [1.82, 2.24) is 5.32 Å². The average molecular weight is 437 g/mol. The molecule has 3 rings (SSSR count). The monoisotopic (exact) mass is 437 g/mol. The van der Waals surface area contributed by atoms with Crippen molar-refractivity contribution in [2.45, 2.75) is 25.2 Å². The van der Waals surface area contributed by atoms with Gasteiger partial charge in [0.25, 0.3) is 17.5 Å². The molecule has 166 valence electrons. The maximum absolute atomic E-state index is 12.8. The first-order valence-corrected chi connectivity index (χ1v) is 9.92. The summed E-state index contributed by atoms with van der Waals surface area (Å²) in [5.74, 6) is -1.06. The van der Waals surface area contributed by atoms with Crippen molar-refractivity contribution in [1.29, 1.82) is 0 Å². The minimum Gasteiger partial charge on any atom is -0.489 e. The zero-order chi connectivity index (χ0) is 23.1. The second-order valence-electron chi connectivity index (χ2n) is 7.03. The van der Waals surface area contributed by atoms with Crippen LogP contribution in [0.15, 0.2) is 78.6 Å². The fourth-order valence-electron chi connectivity index (χ4n) is 3.32. The molecule has 0 aromatic heterocycles. The van der Waals surface area contributed by atoms with E-state index in [1.807, 2.05) is 30.3 Å². The Morgan fingerprint density at radius 1 is 1.19 bits per heavy atom. The second kappa shape index (κ2) is 9.88. The van der Waals surface area contributed by atoms with Gasteiger partial charge in [-0.15, -0.1) is 0 Å². The molecular weight excluding hydrogens is 414 g/mol. The Labute approximate surface area is 184 Å². The number of nitro groups is 1. The van der Waals surface area contributed by atoms with E-state index >= 15 is 0 Å². The molecule has 2 unspecified atom stereocenters. The number of carbonyl (C=O) groups excluding carboxylic acids is 2. The molecule has 2 atom stereocenters. The number of allylic oxidation sites excluding steroid dienone is 1. The summed E-state index contributed by atoms with van der Waals surface area (Å²) in [6.07, 6.45) is 4.61. The summed E-state index contributed by atoms with van der Waals surface area (Å²) in [5.41, 5.74) is 4.78. The van der Waals surface area contributed by atoms with Gasteiger partial charge < -0.3 is 20.5 Å². The first kappa shape index (κ1) is 22.7. The third-order valence-corrected chi connectivity index (χ3v) is 4.89. The lowest BCUT2D eigenvalue weighted by molar-refractivity contribution is -0.384. The molecule has 0 heterocycles. The van der Waals surface area contributed by atoms with Crippen LogP contribution in [-0.2, 0) is 20.9 Å². The number of primary amides is 1. The van der Waals surface area contributed by atoms with Crippen molar-refractivity contribution in [3.8, 4) is 0 Å². The highest BCUT2D eigenvalue weighted by Gasteiger charge is 2.46. The number of benzene rings is 2. The summed E-state index contributed by atoms with van der Waals surface area (Å²) in [5, 5.41) is 13.7. The number of ether oxygens (including phenoxy) is 2. The molecule has 3 N–H and O–H groups in total. The molecule has 0 bridgehead atoms. The van der Waals surface area contributed by atoms with Crippen LogP contribution in [0.1, 0.15) is 22.8 Å². The summed E-state index contributed by atoms with van der Waals surface area (Å²) >= 11 is 0. The van der Waals surface area contributed by atoms with Crippen LogP contribution >= 0.6 is 0 Å². The van der Waals surface area contributed by atoms with Crippen molar-refractivity contribution in [3.63, 3.8) is 0 Å². The van der Waals surface area contributed by atoms with Crippen LogP contribution in [0.5, 0.6) is 0 Å². The Morgan fingerprint density at radius 3 is 2.59 bits per heavy atom. The van der Waals surface area contributed by atoms with Crippen LogP contribution in [0.2, 0.25) is 0 Å². The highest BCUT2D eigenvalue weighted by Crippen LogP contribution is 2.28. The Balaban J connectivity index is 1.83. The fraction of sp³-hybridized carbons (Fsp3) is 0.217. The van der Waals surface area contributed by atoms with Gasteiger partial charge in [0.2, 0.25) is 0 Å². The predicted molar refractivity (Wildman–Crippen MR) is 116 cm³/mol. The summed E-state index contributed by atoms with van der Waals surface area (Å²) < 4.78 is 11.5. The van der Waals surface area contributed by atoms with E-state index in [1.54, 1.807) is 19.1 Å². The Kier molecular flexibility index (Phi) is 7.01. The number of hydrogen-bond donors (Lipinski definition) is 2. The largest absolute Gasteiger partial charge is 0.489 e. The van der Waals surface area contributed by atoms with Gasteiger partial charge in [-0.3, -0.25) is 19.7 Å². The Bertz CT molecular complexity index is 1070. The average Bonchev–Trinajstić information content (AvgIpc) is 2.79. The Morgan fingerprint density at radius 2 is 1.94 bits per heavy atom. The van der Waals surface area contributed by atoms with E-state index in [0.29, 0.717) is 5.76 Å². The van der Waals surface area contributed by atoms with Gasteiger partial charge in [-0.05, 0) is 24.6 Å². The minimum absolute atomic E-state index is 0.0672. The number of carbonyl (C=O) groups is 2. The third-order valence-electron chi connectivity index (χ3n) is 4.89. The lowest BCUT2D eigenvalue weighted by Gasteiger charge is -2.36. The van der Waals surface area contributed by atoms with Gasteiger partial charge in [-0.1, -0.05) is 42.5 Å². The Hall–Kier alpha value is -3.98. The molecule has 9 nitrogen and oxygen atoms in total. The van der Waals surface area contributed by atoms with Crippen molar-refractivity contribution >= 4 is 17.5 Å². The number of nitrogens with one attached hydrogen (secondary N) is 1. The molecule has 1 aliphatic carbocycles. The molecule has 32 heavy (non-hydrogen) atoms. The molecule has 0 saturated carbocycles. The molecule has 0 fully saturated rings. The van der Waals surface area contributed by atoms with Gasteiger partial charge in [0.05, 0.1) is 11.0 Å². The highest BCUT2D eigenvalue weighted by atomic mass is 16.6. The van der Waals surface area contributed by atoms with Crippen LogP contribution in [0.25, 0.3) is 0 Å². The number of nitrogens with two attached hydrogens (primary N) is 1. The number of amides is 2. The van der Waals surface area contributed by atoms with Crippen molar-refractivity contribution in [2.75, 3.05) is 6.61 Å². The van der Waals surface area contributed by atoms with E-state index in [1.165, 1.54) is 24.3 Å². The van der Waals surface area contributed by atoms with Gasteiger partial charge in [0, 0.05) is 30.4 Å². The van der Waals surface area contributed by atoms with Gasteiger partial charge in [0.1, 0.15) is 12.4 Å². The second-order valence-corrected chi connectivity index (χ2v) is 7.03. The molecule has 0 saturated heterocycles. The quantitative estimate of drug-likeness (QED) is 0.458. The fourth-order valence-corrected chi connectivity index (χ4v) is 3.32. The third kappa shape index (κ3) is 5.01. The molecule has 0 aliphatic heterocycles. The SMILES string of the molecule is CCOC1(C(N)=O)C=C(OCc2ccccc2)C=CC1NC(=O)c1cccc([N+](=O)[O-])c1. The molecule has 2 amide bonds. The summed E-state index contributed by atoms with van der Waals surface area (Å²) in [6, 6.07) is 13.8. The number of hydrogen-bond acceptors (Lipinski definition) is 6. The van der Waals surface area contributed by atoms with Crippen LogP contribution < -0.4 is 11.1 Å². The lowest BCUT2D eigenvalue weighted by atomic mass is 9.87. The van der Waals surface area contributed by atoms with Gasteiger partial charge in [-0.2, -0.15) is 0 Å². The van der Waals surface area contributed by atoms with E-state index in [9.17, 15) is 19.7 Å². The van der Waals surface area contributed by atoms with Gasteiger partial charge >= 0.3 is 0 Å². The van der Waals surface area contributed by atoms with E-state index in [2.05, 4.69) is 5.32 Å². The molecular formula is C23H23N3O6. The normalized spacial score (nSPS) is 19.7. The summed E-state index contributed by atoms with van der Waals surface area (Å²) in [6.45, 7) is 2.10. The van der Waals surface area contributed by atoms with Gasteiger partial charge in [0.15, 0.2) is 5.60 Å². The number of rotatable bonds is 9. The standard InChI is InChI=1S/C23H23N3O6/c1-2-32-23(22(24)28)14-19(31-15-16-7-4-3-5-8-16)11-12-20(23)25-21(27)17-9-6-10-18(13-17)26(29)30/h3-14,20H,2,15H2,1H3,(H2,24,28)(H,25,27). The molecule has 0 spiro atoms. The van der Waals surface area contributed by atoms with Crippen LogP contribution in [-0.4, -0.2) is 35.0 Å². The topological polar surface area (TPSA) is 134 Å².